The van der Waals surface area contributed by atoms with Gasteiger partial charge in [0.05, 0.1) is 28.4 Å². The van der Waals surface area contributed by atoms with Crippen LogP contribution in [0.25, 0.3) is 11.5 Å². The first kappa shape index (κ1) is 38.8. The average molecular weight is 754 g/mol. The fourth-order valence-corrected chi connectivity index (χ4v) is 6.28. The molecule has 2 heterocycles. The van der Waals surface area contributed by atoms with Crippen LogP contribution in [-0.4, -0.2) is 84.4 Å². The smallest absolute Gasteiger partial charge is 0.444 e. The number of amides is 3. The third-order valence-electron chi connectivity index (χ3n) is 7.13. The lowest BCUT2D eigenvalue weighted by atomic mass is 10.1. The minimum Gasteiger partial charge on any atom is -0.444 e. The number of alkyl halides is 6. The molecule has 1 aromatic heterocycles. The molecule has 0 fully saturated rings. The van der Waals surface area contributed by atoms with E-state index in [1.54, 1.807) is 20.8 Å². The van der Waals surface area contributed by atoms with Crippen LogP contribution in [0.3, 0.4) is 0 Å². The van der Waals surface area contributed by atoms with Gasteiger partial charge in [0.25, 0.3) is 11.8 Å². The molecule has 21 heteroatoms. The Bertz CT molecular complexity index is 1910. The molecule has 0 saturated heterocycles. The van der Waals surface area contributed by atoms with Crippen molar-refractivity contribution in [2.45, 2.75) is 75.8 Å². The van der Waals surface area contributed by atoms with E-state index in [2.05, 4.69) is 20.3 Å². The van der Waals surface area contributed by atoms with Crippen molar-refractivity contribution in [2.24, 2.45) is 0 Å². The maximum absolute atomic E-state index is 15.5. The third-order valence-corrected chi connectivity index (χ3v) is 8.90. The molecule has 3 amide bonds. The summed E-state index contributed by atoms with van der Waals surface area (Å²) in [7, 11) is -3.45. The van der Waals surface area contributed by atoms with Gasteiger partial charge in [0.1, 0.15) is 35.7 Å². The number of anilines is 1. The first-order valence-corrected chi connectivity index (χ1v) is 16.4. The van der Waals surface area contributed by atoms with Crippen molar-refractivity contribution in [2.75, 3.05) is 17.7 Å². The Kier molecular flexibility index (Phi) is 10.7. The van der Waals surface area contributed by atoms with E-state index in [9.17, 15) is 49.1 Å². The molecule has 2 atom stereocenters. The molecule has 0 radical (unpaired) electrons. The molecule has 0 bridgehead atoms. The Morgan fingerprint density at radius 2 is 1.71 bits per heavy atom. The summed E-state index contributed by atoms with van der Waals surface area (Å²) < 4.78 is 134. The molecule has 0 saturated carbocycles. The zero-order valence-electron chi connectivity index (χ0n) is 27.3. The predicted molar refractivity (Wildman–Crippen MR) is 161 cm³/mol. The minimum atomic E-state index is -5.02. The third kappa shape index (κ3) is 9.85. The lowest BCUT2D eigenvalue weighted by Crippen LogP contribution is -2.55. The van der Waals surface area contributed by atoms with Crippen LogP contribution in [0.1, 0.15) is 39.1 Å². The number of nitrogens with zero attached hydrogens (tertiary/aromatic N) is 4. The molecule has 51 heavy (non-hydrogen) atoms. The topological polar surface area (TPSA) is 161 Å². The van der Waals surface area contributed by atoms with Crippen LogP contribution in [0, 0.1) is 5.82 Å². The van der Waals surface area contributed by atoms with Crippen LogP contribution in [0.4, 0.5) is 41.2 Å². The summed E-state index contributed by atoms with van der Waals surface area (Å²) in [6, 6.07) is 2.12. The Labute approximate surface area is 285 Å². The summed E-state index contributed by atoms with van der Waals surface area (Å²) >= 11 is 0. The highest BCUT2D eigenvalue weighted by Gasteiger charge is 2.41. The summed E-state index contributed by atoms with van der Waals surface area (Å²) in [5, 5.41) is 8.95. The monoisotopic (exact) mass is 753 g/mol. The number of halogens is 7. The van der Waals surface area contributed by atoms with E-state index in [4.69, 9.17) is 9.15 Å². The summed E-state index contributed by atoms with van der Waals surface area (Å²) in [5.41, 5.74) is -2.06. The Balaban J connectivity index is 1.77. The molecule has 1 N–H and O–H groups in total. The normalized spacial score (nSPS) is 16.9. The molecule has 0 aliphatic carbocycles. The molecule has 278 valence electrons. The molecule has 4 rings (SSSR count). The molecular formula is C30H30F7N5O8S. The number of carbonyl (C=O) groups excluding carboxylic acids is 3. The molecule has 2 aromatic carbocycles. The maximum Gasteiger partial charge on any atom is 0.573 e. The van der Waals surface area contributed by atoms with E-state index in [1.165, 1.54) is 14.0 Å². The predicted octanol–water partition coefficient (Wildman–Crippen LogP) is 4.94. The fourth-order valence-electron chi connectivity index (χ4n) is 4.67. The first-order chi connectivity index (χ1) is 23.3. The maximum atomic E-state index is 15.5. The van der Waals surface area contributed by atoms with Crippen LogP contribution in [-0.2, 0) is 37.1 Å². The highest BCUT2D eigenvalue weighted by Crippen LogP contribution is 2.38. The van der Waals surface area contributed by atoms with Gasteiger partial charge in [0.15, 0.2) is 9.84 Å². The second-order valence-electron chi connectivity index (χ2n) is 12.3. The van der Waals surface area contributed by atoms with E-state index >= 15 is 4.39 Å². The van der Waals surface area contributed by atoms with Gasteiger partial charge >= 0.3 is 18.6 Å². The van der Waals surface area contributed by atoms with Gasteiger partial charge in [0.2, 0.25) is 11.8 Å². The molecular weight excluding hydrogens is 723 g/mol. The number of aromatic nitrogens is 2. The largest absolute Gasteiger partial charge is 0.573 e. The Morgan fingerprint density at radius 3 is 2.27 bits per heavy atom. The van der Waals surface area contributed by atoms with Gasteiger partial charge in [-0.3, -0.25) is 14.5 Å². The number of carbonyl (C=O) groups is 3. The summed E-state index contributed by atoms with van der Waals surface area (Å²) in [6.45, 7) is 5.42. The van der Waals surface area contributed by atoms with Crippen LogP contribution in [0.15, 0.2) is 45.7 Å². The van der Waals surface area contributed by atoms with Gasteiger partial charge < -0.3 is 24.1 Å². The van der Waals surface area contributed by atoms with Crippen LogP contribution < -0.4 is 15.0 Å². The van der Waals surface area contributed by atoms with Crippen molar-refractivity contribution in [1.29, 1.82) is 0 Å². The number of fused-ring (bicyclic) bond motifs is 1. The summed E-state index contributed by atoms with van der Waals surface area (Å²) in [6.07, 6.45) is -12.4. The first-order valence-electron chi connectivity index (χ1n) is 14.7. The van der Waals surface area contributed by atoms with Gasteiger partial charge in [-0.05, 0) is 57.5 Å². The molecule has 1 aliphatic heterocycles. The van der Waals surface area contributed by atoms with E-state index in [0.29, 0.717) is 6.07 Å². The Morgan fingerprint density at radius 1 is 1.08 bits per heavy atom. The molecule has 0 spiro atoms. The summed E-state index contributed by atoms with van der Waals surface area (Å²) in [5.74, 6) is -6.91. The minimum absolute atomic E-state index is 0.0994. The van der Waals surface area contributed by atoms with E-state index in [-0.39, 0.29) is 5.56 Å². The van der Waals surface area contributed by atoms with Gasteiger partial charge in [-0.15, -0.1) is 23.4 Å². The van der Waals surface area contributed by atoms with Crippen molar-refractivity contribution < 1.29 is 67.4 Å². The number of ether oxygens (including phenoxy) is 2. The zero-order chi connectivity index (χ0) is 38.3. The second kappa shape index (κ2) is 14.0. The average Bonchev–Trinajstić information content (AvgIpc) is 3.41. The number of hydrogen-bond donors (Lipinski definition) is 1. The molecule has 1 aliphatic rings. The number of likely N-dealkylation sites (N-methyl/N-ethyl adjacent to an activating group) is 1. The van der Waals surface area contributed by atoms with E-state index < -0.39 is 116 Å². The molecule has 13 nitrogen and oxygen atoms in total. The van der Waals surface area contributed by atoms with Gasteiger partial charge in [0, 0.05) is 7.05 Å². The number of rotatable bonds is 8. The quantitative estimate of drug-likeness (QED) is 0.312. The van der Waals surface area contributed by atoms with Crippen molar-refractivity contribution in [3.05, 3.63) is 53.7 Å². The van der Waals surface area contributed by atoms with Crippen molar-refractivity contribution in [3.63, 3.8) is 0 Å². The van der Waals surface area contributed by atoms with Gasteiger partial charge in [-0.2, -0.15) is 13.2 Å². The highest BCUT2D eigenvalue weighted by molar-refractivity contribution is 7.91. The van der Waals surface area contributed by atoms with Crippen molar-refractivity contribution in [3.8, 4) is 17.2 Å². The van der Waals surface area contributed by atoms with Crippen molar-refractivity contribution in [1.82, 2.24) is 20.4 Å². The van der Waals surface area contributed by atoms with Crippen LogP contribution >= 0.6 is 0 Å². The van der Waals surface area contributed by atoms with E-state index in [0.717, 1.165) is 40.1 Å². The van der Waals surface area contributed by atoms with Crippen LogP contribution in [0.2, 0.25) is 0 Å². The lowest BCUT2D eigenvalue weighted by molar-refractivity contribution is -0.274. The second-order valence-corrected chi connectivity index (χ2v) is 14.3. The van der Waals surface area contributed by atoms with Crippen LogP contribution in [0.5, 0.6) is 5.75 Å². The number of benzene rings is 2. The summed E-state index contributed by atoms with van der Waals surface area (Å²) in [4.78, 5) is 40.8. The molecule has 0 unspecified atom stereocenters. The van der Waals surface area contributed by atoms with Gasteiger partial charge in [-0.25, -0.2) is 17.6 Å². The number of hydrogen-bond acceptors (Lipinski definition) is 10. The Hall–Kier alpha value is -4.95. The molecule has 3 aromatic rings. The fraction of sp³-hybridized carbons (Fsp3) is 0.433. The standard InChI is InChI=1S/C30H30F7N5O8S/c1-15(41(5)27(45)50-28(2,3)4)24(43)38-20-14-51(46,47)22-11-19(31)18(25-40-39-23(48-25)12-29(32,33)34)10-21(22)42(26(20)44)13-16-6-8-17(9-7-16)49-30(35,36)37/h6-11,15,20H,12-14H2,1-5H3,(H,38,43)/t15-,20-/m0/s1. The van der Waals surface area contributed by atoms with Crippen molar-refractivity contribution >= 4 is 33.4 Å². The van der Waals surface area contributed by atoms with Gasteiger partial charge in [-0.1, -0.05) is 12.1 Å². The zero-order valence-corrected chi connectivity index (χ0v) is 28.2. The number of nitrogens with one attached hydrogen (secondary N) is 1. The lowest BCUT2D eigenvalue weighted by Gasteiger charge is -2.30. The highest BCUT2D eigenvalue weighted by atomic mass is 32.2. The number of sulfone groups is 1. The van der Waals surface area contributed by atoms with E-state index in [1.807, 2.05) is 0 Å². The SMILES string of the molecule is C[C@@H](C(=O)N[C@H]1CS(=O)(=O)c2cc(F)c(-c3nnc(CC(F)(F)F)o3)cc2N(Cc2ccc(OC(F)(F)F)cc2)C1=O)N(C)C(=O)OC(C)(C)C.